The number of aryl methyl sites for hydroxylation is 1. The number of rotatable bonds is 6. The molecule has 0 amide bonds. The van der Waals surface area contributed by atoms with Crippen LogP contribution in [0.4, 0.5) is 5.95 Å². The van der Waals surface area contributed by atoms with Crippen LogP contribution in [0.2, 0.25) is 0 Å². The maximum absolute atomic E-state index is 9.58. The van der Waals surface area contributed by atoms with Gasteiger partial charge in [-0.05, 0) is 79.1 Å². The van der Waals surface area contributed by atoms with Crippen molar-refractivity contribution in [3.8, 4) is 16.2 Å². The summed E-state index contributed by atoms with van der Waals surface area (Å²) >= 11 is 8.24. The Kier molecular flexibility index (Phi) is 5.87. The Hall–Kier alpha value is -1.62. The van der Waals surface area contributed by atoms with Crippen molar-refractivity contribution < 1.29 is 5.11 Å². The van der Waals surface area contributed by atoms with Gasteiger partial charge in [0.05, 0.1) is 0 Å². The highest BCUT2D eigenvalue weighted by Crippen LogP contribution is 2.67. The number of hydrogen-bond donors (Lipinski definition) is 3. The van der Waals surface area contributed by atoms with Gasteiger partial charge in [0.1, 0.15) is 5.75 Å². The average Bonchev–Trinajstić information content (AvgIpc) is 3.37. The number of phenolic OH excluding ortho intramolecular Hbond substituents is 1. The topological polar surface area (TPSA) is 60.9 Å². The largest absolute Gasteiger partial charge is 0.508 e. The molecule has 0 saturated carbocycles. The molecule has 0 bridgehead atoms. The molecule has 154 valence electrons. The van der Waals surface area contributed by atoms with E-state index in [4.69, 9.17) is 11.8 Å². The maximum Gasteiger partial charge on any atom is 0.200 e. The second-order valence-electron chi connectivity index (χ2n) is 8.33. The summed E-state index contributed by atoms with van der Waals surface area (Å²) in [5.41, 5.74) is 2.55. The number of thiophene rings is 1. The zero-order valence-electron chi connectivity index (χ0n) is 17.1. The van der Waals surface area contributed by atoms with Crippen molar-refractivity contribution in [2.24, 2.45) is 11.8 Å². The number of phenols is 1. The lowest BCUT2D eigenvalue weighted by molar-refractivity contribution is 0.475. The quantitative estimate of drug-likeness (QED) is 0.403. The molecule has 1 saturated heterocycles. The van der Waals surface area contributed by atoms with Crippen molar-refractivity contribution in [1.29, 1.82) is 0 Å². The Bertz CT molecular complexity index is 1010. The molecule has 2 aromatic heterocycles. The first-order valence-corrected chi connectivity index (χ1v) is 14.1. The summed E-state index contributed by atoms with van der Waals surface area (Å²) in [7, 11) is 0. The highest BCUT2D eigenvalue weighted by molar-refractivity contribution is 8.15. The Morgan fingerprint density at radius 1 is 1.21 bits per heavy atom. The number of aromatic nitrogens is 2. The van der Waals surface area contributed by atoms with Gasteiger partial charge in [-0.1, -0.05) is 25.7 Å². The van der Waals surface area contributed by atoms with Crippen LogP contribution in [-0.4, -0.2) is 33.9 Å². The van der Waals surface area contributed by atoms with Gasteiger partial charge in [0.15, 0.2) is 5.95 Å². The van der Waals surface area contributed by atoms with Crippen LogP contribution in [0.15, 0.2) is 42.6 Å². The SMILES string of the molecule is Cc1cnc(NCC(c2ccc(-c3ccc(O)cc3)s2)P2(=S)CC(C)C(C)C2)[nH]1. The van der Waals surface area contributed by atoms with Crippen molar-refractivity contribution in [2.45, 2.75) is 26.4 Å². The fraction of sp³-hybridized carbons (Fsp3) is 0.409. The number of H-pyrrole nitrogens is 1. The molecule has 3 heterocycles. The van der Waals surface area contributed by atoms with Crippen LogP contribution in [-0.2, 0) is 11.8 Å². The van der Waals surface area contributed by atoms with Crippen molar-refractivity contribution in [3.63, 3.8) is 0 Å². The lowest BCUT2D eigenvalue weighted by atomic mass is 10.0. The van der Waals surface area contributed by atoms with Crippen LogP contribution >= 0.6 is 17.4 Å². The molecule has 1 aromatic carbocycles. The molecule has 7 heteroatoms. The molecule has 3 unspecified atom stereocenters. The van der Waals surface area contributed by atoms with E-state index in [9.17, 15) is 5.11 Å². The molecular formula is C22H28N3OPS2. The summed E-state index contributed by atoms with van der Waals surface area (Å²) in [5, 5.41) is 13.1. The predicted octanol–water partition coefficient (Wildman–Crippen LogP) is 6.07. The van der Waals surface area contributed by atoms with Gasteiger partial charge in [-0.25, -0.2) is 4.98 Å². The Morgan fingerprint density at radius 2 is 1.90 bits per heavy atom. The molecule has 0 spiro atoms. The first-order chi connectivity index (χ1) is 13.8. The molecule has 4 nitrogen and oxygen atoms in total. The van der Waals surface area contributed by atoms with E-state index in [0.29, 0.717) is 23.2 Å². The number of nitrogens with zero attached hydrogens (tertiary/aromatic N) is 1. The molecule has 3 atom stereocenters. The van der Waals surface area contributed by atoms with E-state index in [1.54, 1.807) is 12.1 Å². The normalized spacial score (nSPS) is 25.2. The van der Waals surface area contributed by atoms with Gasteiger partial charge in [0.2, 0.25) is 0 Å². The van der Waals surface area contributed by atoms with E-state index in [1.807, 2.05) is 36.6 Å². The summed E-state index contributed by atoms with van der Waals surface area (Å²) in [6, 6.07) is 10.4. The van der Waals surface area contributed by atoms with E-state index in [0.717, 1.165) is 23.8 Å². The molecule has 1 aliphatic rings. The lowest BCUT2D eigenvalue weighted by Gasteiger charge is -2.27. The summed E-state index contributed by atoms with van der Waals surface area (Å²) < 4.78 is 0. The predicted molar refractivity (Wildman–Crippen MR) is 128 cm³/mol. The summed E-state index contributed by atoms with van der Waals surface area (Å²) in [6.07, 6.45) is 4.21. The molecule has 0 aliphatic carbocycles. The average molecular weight is 446 g/mol. The molecule has 29 heavy (non-hydrogen) atoms. The van der Waals surface area contributed by atoms with Gasteiger partial charge in [-0.2, -0.15) is 0 Å². The minimum Gasteiger partial charge on any atom is -0.508 e. The van der Waals surface area contributed by atoms with Gasteiger partial charge < -0.3 is 15.4 Å². The van der Waals surface area contributed by atoms with Crippen LogP contribution < -0.4 is 5.32 Å². The maximum atomic E-state index is 9.58. The van der Waals surface area contributed by atoms with Crippen LogP contribution in [0.1, 0.15) is 30.1 Å². The van der Waals surface area contributed by atoms with E-state index in [2.05, 4.69) is 41.3 Å². The molecule has 1 fully saturated rings. The number of nitrogens with one attached hydrogen (secondary N) is 2. The first-order valence-electron chi connectivity index (χ1n) is 10.1. The van der Waals surface area contributed by atoms with Gasteiger partial charge in [-0.3, -0.25) is 0 Å². The third-order valence-corrected chi connectivity index (χ3v) is 13.1. The Morgan fingerprint density at radius 3 is 2.52 bits per heavy atom. The standard InChI is InChI=1S/C22H28N3OPS2/c1-14-12-27(28,13-15(14)2)19(11-24-22-23-10-16(3)25-22)21-9-8-20(29-21)17-4-6-18(26)7-5-17/h4-10,14-15,19,26H,11-13H2,1-3H3,(H2,23,24,25). The monoisotopic (exact) mass is 445 g/mol. The molecule has 1 aliphatic heterocycles. The van der Waals surface area contributed by atoms with Crippen LogP contribution in [0.5, 0.6) is 5.75 Å². The van der Waals surface area contributed by atoms with Crippen molar-refractivity contribution in [3.05, 3.63) is 53.2 Å². The fourth-order valence-corrected chi connectivity index (χ4v) is 12.4. The Labute approximate surface area is 181 Å². The fourth-order valence-electron chi connectivity index (χ4n) is 4.17. The zero-order chi connectivity index (χ0) is 20.6. The summed E-state index contributed by atoms with van der Waals surface area (Å²) in [5.74, 6) is 2.52. The van der Waals surface area contributed by atoms with E-state index in [-0.39, 0.29) is 0 Å². The molecule has 0 radical (unpaired) electrons. The third kappa shape index (κ3) is 4.45. The second-order valence-corrected chi connectivity index (χ2v) is 14.9. The van der Waals surface area contributed by atoms with E-state index >= 15 is 0 Å². The van der Waals surface area contributed by atoms with Crippen LogP contribution in [0.3, 0.4) is 0 Å². The number of benzene rings is 1. The zero-order valence-corrected chi connectivity index (χ0v) is 19.6. The minimum absolute atomic E-state index is 0.297. The van der Waals surface area contributed by atoms with Crippen molar-refractivity contribution in [1.82, 2.24) is 9.97 Å². The number of aromatic amines is 1. The second kappa shape index (κ2) is 8.25. The third-order valence-electron chi connectivity index (χ3n) is 6.01. The van der Waals surface area contributed by atoms with Crippen LogP contribution in [0.25, 0.3) is 10.4 Å². The van der Waals surface area contributed by atoms with Gasteiger partial charge in [0, 0.05) is 33.8 Å². The molecular weight excluding hydrogens is 417 g/mol. The van der Waals surface area contributed by atoms with Crippen molar-refractivity contribution in [2.75, 3.05) is 24.2 Å². The minimum atomic E-state index is -1.53. The van der Waals surface area contributed by atoms with Crippen LogP contribution in [0, 0.1) is 18.8 Å². The number of anilines is 1. The Balaban J connectivity index is 1.63. The highest BCUT2D eigenvalue weighted by atomic mass is 32.4. The van der Waals surface area contributed by atoms with E-state index < -0.39 is 6.04 Å². The first kappa shape index (κ1) is 20.6. The molecule has 3 aromatic rings. The van der Waals surface area contributed by atoms with E-state index in [1.165, 1.54) is 22.1 Å². The van der Waals surface area contributed by atoms with Gasteiger partial charge in [-0.15, -0.1) is 11.3 Å². The van der Waals surface area contributed by atoms with Gasteiger partial charge in [0.25, 0.3) is 0 Å². The summed E-state index contributed by atoms with van der Waals surface area (Å²) in [4.78, 5) is 10.3. The number of aromatic hydroxyl groups is 1. The smallest absolute Gasteiger partial charge is 0.200 e. The highest BCUT2D eigenvalue weighted by Gasteiger charge is 2.40. The lowest BCUT2D eigenvalue weighted by Crippen LogP contribution is -2.14. The number of imidazole rings is 1. The molecule has 4 rings (SSSR count). The van der Waals surface area contributed by atoms with Gasteiger partial charge >= 0.3 is 0 Å². The number of hydrogen-bond acceptors (Lipinski definition) is 5. The molecule has 3 N–H and O–H groups in total. The van der Waals surface area contributed by atoms with Crippen molar-refractivity contribution >= 4 is 35.1 Å². The summed E-state index contributed by atoms with van der Waals surface area (Å²) in [6.45, 7) is 7.55.